The standard InChI is InChI=1S/C21H15F4N5OS/c22-13-7-5-12(6-8-13)18-27-20-30(28-18)16-9-10-29(11-17(16)32-20)19(31)26-15-4-2-1-3-14(15)21(23,24)25/h1-8H,9-11H2,(H,26,31). The minimum atomic E-state index is -4.56. The lowest BCUT2D eigenvalue weighted by atomic mass is 10.1. The fourth-order valence-corrected chi connectivity index (χ4v) is 4.73. The first-order chi connectivity index (χ1) is 15.3. The van der Waals surface area contributed by atoms with Gasteiger partial charge in [-0.2, -0.15) is 18.2 Å². The predicted octanol–water partition coefficient (Wildman–Crippen LogP) is 5.21. The lowest BCUT2D eigenvalue weighted by Crippen LogP contribution is -2.39. The molecule has 2 aromatic carbocycles. The molecule has 0 unspecified atom stereocenters. The number of carbonyl (C=O) groups is 1. The summed E-state index contributed by atoms with van der Waals surface area (Å²) < 4.78 is 54.5. The van der Waals surface area contributed by atoms with Crippen molar-refractivity contribution in [3.63, 3.8) is 0 Å². The minimum Gasteiger partial charge on any atom is -0.319 e. The summed E-state index contributed by atoms with van der Waals surface area (Å²) in [7, 11) is 0. The number of hydrogen-bond acceptors (Lipinski definition) is 4. The highest BCUT2D eigenvalue weighted by Gasteiger charge is 2.34. The number of rotatable bonds is 2. The van der Waals surface area contributed by atoms with Crippen LogP contribution in [-0.2, 0) is 19.1 Å². The maximum Gasteiger partial charge on any atom is 0.418 e. The smallest absolute Gasteiger partial charge is 0.319 e. The van der Waals surface area contributed by atoms with Crippen molar-refractivity contribution in [3.8, 4) is 11.4 Å². The number of carbonyl (C=O) groups excluding carboxylic acids is 1. The van der Waals surface area contributed by atoms with Gasteiger partial charge in [0.2, 0.25) is 4.96 Å². The molecule has 0 saturated heterocycles. The molecule has 2 amide bonds. The van der Waals surface area contributed by atoms with Crippen molar-refractivity contribution in [1.29, 1.82) is 0 Å². The van der Waals surface area contributed by atoms with E-state index < -0.39 is 17.8 Å². The van der Waals surface area contributed by atoms with Crippen LogP contribution in [-0.4, -0.2) is 32.1 Å². The van der Waals surface area contributed by atoms with Crippen LogP contribution in [0.2, 0.25) is 0 Å². The molecule has 0 spiro atoms. The van der Waals surface area contributed by atoms with Crippen LogP contribution in [0.1, 0.15) is 16.1 Å². The lowest BCUT2D eigenvalue weighted by molar-refractivity contribution is -0.136. The van der Waals surface area contributed by atoms with Gasteiger partial charge >= 0.3 is 12.2 Å². The number of fused-ring (bicyclic) bond motifs is 3. The maximum atomic E-state index is 13.2. The van der Waals surface area contributed by atoms with Crippen LogP contribution in [0.4, 0.5) is 28.0 Å². The van der Waals surface area contributed by atoms with Crippen LogP contribution in [0.3, 0.4) is 0 Å². The molecule has 1 aliphatic rings. The van der Waals surface area contributed by atoms with Gasteiger partial charge in [-0.05, 0) is 36.4 Å². The van der Waals surface area contributed by atoms with E-state index in [2.05, 4.69) is 15.4 Å². The number of urea groups is 1. The summed E-state index contributed by atoms with van der Waals surface area (Å²) in [6, 6.07) is 10.2. The van der Waals surface area contributed by atoms with E-state index in [0.29, 0.717) is 29.3 Å². The Hall–Kier alpha value is -3.47. The molecule has 0 fully saturated rings. The largest absolute Gasteiger partial charge is 0.418 e. The average molecular weight is 461 g/mol. The minimum absolute atomic E-state index is 0.247. The number of thiazole rings is 1. The molecule has 2 aromatic heterocycles. The van der Waals surface area contributed by atoms with E-state index in [1.54, 1.807) is 16.6 Å². The molecule has 0 atom stereocenters. The van der Waals surface area contributed by atoms with Crippen molar-refractivity contribution >= 4 is 28.0 Å². The molecule has 5 rings (SSSR count). The van der Waals surface area contributed by atoms with Crippen molar-refractivity contribution in [1.82, 2.24) is 19.5 Å². The zero-order chi connectivity index (χ0) is 22.5. The second-order valence-corrected chi connectivity index (χ2v) is 8.32. The topological polar surface area (TPSA) is 62.5 Å². The molecule has 1 aliphatic heterocycles. The highest BCUT2D eigenvalue weighted by Crippen LogP contribution is 2.35. The van der Waals surface area contributed by atoms with Gasteiger partial charge in [0.05, 0.1) is 23.5 Å². The molecule has 11 heteroatoms. The van der Waals surface area contributed by atoms with E-state index in [0.717, 1.165) is 16.6 Å². The molecule has 0 aliphatic carbocycles. The first kappa shape index (κ1) is 20.4. The third-order valence-electron chi connectivity index (χ3n) is 5.19. The maximum absolute atomic E-state index is 13.2. The first-order valence-electron chi connectivity index (χ1n) is 9.65. The van der Waals surface area contributed by atoms with Gasteiger partial charge in [0, 0.05) is 23.4 Å². The first-order valence-corrected chi connectivity index (χ1v) is 10.5. The number of benzene rings is 2. The van der Waals surface area contributed by atoms with E-state index >= 15 is 0 Å². The summed E-state index contributed by atoms with van der Waals surface area (Å²) >= 11 is 1.37. The Balaban J connectivity index is 1.36. The predicted molar refractivity (Wildman–Crippen MR) is 111 cm³/mol. The van der Waals surface area contributed by atoms with Gasteiger partial charge in [0.1, 0.15) is 5.82 Å². The summed E-state index contributed by atoms with van der Waals surface area (Å²) in [5, 5.41) is 6.89. The summed E-state index contributed by atoms with van der Waals surface area (Å²) in [6.07, 6.45) is -4.08. The van der Waals surface area contributed by atoms with Gasteiger partial charge in [-0.3, -0.25) is 0 Å². The Kier molecular flexibility index (Phi) is 4.85. The molecular formula is C21H15F4N5OS. The Bertz CT molecular complexity index is 1310. The highest BCUT2D eigenvalue weighted by molar-refractivity contribution is 7.17. The zero-order valence-corrected chi connectivity index (χ0v) is 17.2. The fraction of sp³-hybridized carbons (Fsp3) is 0.190. The van der Waals surface area contributed by atoms with Crippen molar-refractivity contribution in [2.24, 2.45) is 0 Å². The van der Waals surface area contributed by atoms with E-state index in [-0.39, 0.29) is 18.0 Å². The number of nitrogens with one attached hydrogen (secondary N) is 1. The number of aromatic nitrogens is 3. The second kappa shape index (κ2) is 7.59. The van der Waals surface area contributed by atoms with E-state index in [1.807, 2.05) is 0 Å². The van der Waals surface area contributed by atoms with Gasteiger partial charge in [-0.25, -0.2) is 13.7 Å². The van der Waals surface area contributed by atoms with Gasteiger partial charge in [0.15, 0.2) is 5.82 Å². The summed E-state index contributed by atoms with van der Waals surface area (Å²) in [6.45, 7) is 0.571. The number of hydrogen-bond donors (Lipinski definition) is 1. The Morgan fingerprint density at radius 1 is 1.09 bits per heavy atom. The van der Waals surface area contributed by atoms with Crippen LogP contribution < -0.4 is 5.32 Å². The molecule has 4 aromatic rings. The molecule has 6 nitrogen and oxygen atoms in total. The van der Waals surface area contributed by atoms with Crippen molar-refractivity contribution in [3.05, 3.63) is 70.5 Å². The van der Waals surface area contributed by atoms with Crippen molar-refractivity contribution < 1.29 is 22.4 Å². The molecule has 1 N–H and O–H groups in total. The number of alkyl halides is 3. The quantitative estimate of drug-likeness (QED) is 0.417. The van der Waals surface area contributed by atoms with Gasteiger partial charge in [0.25, 0.3) is 0 Å². The molecule has 0 bridgehead atoms. The zero-order valence-electron chi connectivity index (χ0n) is 16.4. The molecule has 3 heterocycles. The monoisotopic (exact) mass is 461 g/mol. The van der Waals surface area contributed by atoms with Gasteiger partial charge in [-0.1, -0.05) is 23.5 Å². The number of amides is 2. The summed E-state index contributed by atoms with van der Waals surface area (Å²) in [5.41, 5.74) is 0.433. The van der Waals surface area contributed by atoms with E-state index in [9.17, 15) is 22.4 Å². The molecule has 32 heavy (non-hydrogen) atoms. The Morgan fingerprint density at radius 3 is 2.59 bits per heavy atom. The molecule has 0 radical (unpaired) electrons. The van der Waals surface area contributed by atoms with E-state index in [4.69, 9.17) is 0 Å². The highest BCUT2D eigenvalue weighted by atomic mass is 32.1. The molecular weight excluding hydrogens is 446 g/mol. The van der Waals surface area contributed by atoms with E-state index in [1.165, 1.54) is 46.6 Å². The fourth-order valence-electron chi connectivity index (χ4n) is 3.62. The number of para-hydroxylation sites is 1. The lowest BCUT2D eigenvalue weighted by Gasteiger charge is -2.27. The summed E-state index contributed by atoms with van der Waals surface area (Å²) in [4.78, 5) is 20.1. The normalized spacial score (nSPS) is 13.9. The van der Waals surface area contributed by atoms with Crippen LogP contribution in [0, 0.1) is 5.82 Å². The number of anilines is 1. The van der Waals surface area contributed by atoms with Crippen LogP contribution >= 0.6 is 11.3 Å². The van der Waals surface area contributed by atoms with Gasteiger partial charge < -0.3 is 10.2 Å². The molecule has 0 saturated carbocycles. The second-order valence-electron chi connectivity index (χ2n) is 7.25. The van der Waals surface area contributed by atoms with Crippen molar-refractivity contribution in [2.45, 2.75) is 19.1 Å². The third-order valence-corrected chi connectivity index (χ3v) is 6.24. The third kappa shape index (κ3) is 3.68. The van der Waals surface area contributed by atoms with Crippen LogP contribution in [0.5, 0.6) is 0 Å². The van der Waals surface area contributed by atoms with Crippen LogP contribution in [0.25, 0.3) is 16.3 Å². The Labute approximate surface area is 183 Å². The number of halogens is 4. The number of nitrogens with zero attached hydrogens (tertiary/aromatic N) is 4. The SMILES string of the molecule is O=C(Nc1ccccc1C(F)(F)F)N1CCc2c(sc3nc(-c4ccc(F)cc4)nn23)C1. The van der Waals surface area contributed by atoms with Crippen molar-refractivity contribution in [2.75, 3.05) is 11.9 Å². The van der Waals surface area contributed by atoms with Gasteiger partial charge in [-0.15, -0.1) is 5.10 Å². The molecule has 164 valence electrons. The summed E-state index contributed by atoms with van der Waals surface area (Å²) in [5.74, 6) is 0.131. The Morgan fingerprint density at radius 2 is 1.84 bits per heavy atom. The average Bonchev–Trinajstić information content (AvgIpc) is 3.31. The van der Waals surface area contributed by atoms with Crippen LogP contribution in [0.15, 0.2) is 48.5 Å².